The Hall–Kier alpha value is -0.900. The van der Waals surface area contributed by atoms with Crippen molar-refractivity contribution in [1.82, 2.24) is 15.0 Å². The quantitative estimate of drug-likeness (QED) is 0.923. The number of nitrogens with one attached hydrogen (secondary N) is 1. The topological polar surface area (TPSA) is 41.6 Å². The van der Waals surface area contributed by atoms with Crippen LogP contribution in [0, 0.1) is 0 Å². The SMILES string of the molecule is CCC(CC)c1nc2ncc(Br)cc2[nH]1. The molecule has 2 aromatic heterocycles. The Morgan fingerprint density at radius 3 is 2.80 bits per heavy atom. The van der Waals surface area contributed by atoms with Gasteiger partial charge in [0.15, 0.2) is 5.65 Å². The van der Waals surface area contributed by atoms with Gasteiger partial charge in [0.05, 0.1) is 5.52 Å². The molecule has 15 heavy (non-hydrogen) atoms. The zero-order valence-electron chi connectivity index (χ0n) is 8.92. The second-order valence-corrected chi connectivity index (χ2v) is 4.58. The molecule has 0 atom stereocenters. The highest BCUT2D eigenvalue weighted by molar-refractivity contribution is 9.10. The number of hydrogen-bond donors (Lipinski definition) is 1. The van der Waals surface area contributed by atoms with Crippen molar-refractivity contribution < 1.29 is 0 Å². The van der Waals surface area contributed by atoms with Crippen LogP contribution < -0.4 is 0 Å². The maximum Gasteiger partial charge on any atom is 0.177 e. The van der Waals surface area contributed by atoms with Gasteiger partial charge in [0.2, 0.25) is 0 Å². The average Bonchev–Trinajstić information content (AvgIpc) is 2.62. The summed E-state index contributed by atoms with van der Waals surface area (Å²) in [6.45, 7) is 4.37. The zero-order valence-corrected chi connectivity index (χ0v) is 10.5. The lowest BCUT2D eigenvalue weighted by atomic mass is 10.0. The molecular formula is C11H14BrN3. The molecule has 1 N–H and O–H groups in total. The summed E-state index contributed by atoms with van der Waals surface area (Å²) >= 11 is 3.40. The van der Waals surface area contributed by atoms with Crippen LogP contribution in [0.2, 0.25) is 0 Å². The van der Waals surface area contributed by atoms with Crippen LogP contribution in [0.25, 0.3) is 11.2 Å². The molecule has 0 bridgehead atoms. The standard InChI is InChI=1S/C11H14BrN3/c1-3-7(4-2)10-14-9-5-8(12)6-13-11(9)15-10/h5-7H,3-4H2,1-2H3,(H,13,14,15). The molecule has 4 heteroatoms. The summed E-state index contributed by atoms with van der Waals surface area (Å²) in [6, 6.07) is 2.02. The Morgan fingerprint density at radius 1 is 1.40 bits per heavy atom. The van der Waals surface area contributed by atoms with Gasteiger partial charge in [0.1, 0.15) is 5.82 Å². The number of aromatic amines is 1. The van der Waals surface area contributed by atoms with E-state index in [2.05, 4.69) is 44.7 Å². The third-order valence-corrected chi connectivity index (χ3v) is 3.13. The molecule has 3 nitrogen and oxygen atoms in total. The van der Waals surface area contributed by atoms with E-state index in [0.717, 1.165) is 34.3 Å². The Labute approximate surface area is 97.5 Å². The monoisotopic (exact) mass is 267 g/mol. The largest absolute Gasteiger partial charge is 0.340 e. The van der Waals surface area contributed by atoms with Crippen LogP contribution >= 0.6 is 15.9 Å². The second-order valence-electron chi connectivity index (χ2n) is 3.66. The fraction of sp³-hybridized carbons (Fsp3) is 0.455. The minimum absolute atomic E-state index is 0.512. The molecule has 2 aromatic rings. The molecule has 0 aliphatic heterocycles. The first-order valence-corrected chi connectivity index (χ1v) is 6.05. The minimum Gasteiger partial charge on any atom is -0.340 e. The second kappa shape index (κ2) is 4.31. The van der Waals surface area contributed by atoms with Gasteiger partial charge in [-0.3, -0.25) is 0 Å². The molecular weight excluding hydrogens is 254 g/mol. The van der Waals surface area contributed by atoms with Crippen molar-refractivity contribution in [3.05, 3.63) is 22.6 Å². The lowest BCUT2D eigenvalue weighted by molar-refractivity contribution is 0.611. The van der Waals surface area contributed by atoms with Gasteiger partial charge in [-0.2, -0.15) is 0 Å². The van der Waals surface area contributed by atoms with E-state index in [1.807, 2.05) is 6.07 Å². The van der Waals surface area contributed by atoms with E-state index in [0.29, 0.717) is 5.92 Å². The number of aromatic nitrogens is 3. The number of halogens is 1. The first-order valence-electron chi connectivity index (χ1n) is 5.25. The molecule has 0 saturated carbocycles. The molecule has 80 valence electrons. The van der Waals surface area contributed by atoms with E-state index in [1.54, 1.807) is 6.20 Å². The number of pyridine rings is 1. The minimum atomic E-state index is 0.512. The van der Waals surface area contributed by atoms with E-state index in [1.165, 1.54) is 0 Å². The average molecular weight is 268 g/mol. The number of nitrogens with zero attached hydrogens (tertiary/aromatic N) is 2. The van der Waals surface area contributed by atoms with Crippen molar-refractivity contribution in [1.29, 1.82) is 0 Å². The number of H-pyrrole nitrogens is 1. The van der Waals surface area contributed by atoms with Crippen LogP contribution in [0.1, 0.15) is 38.4 Å². The maximum absolute atomic E-state index is 4.51. The van der Waals surface area contributed by atoms with Crippen LogP contribution in [0.5, 0.6) is 0 Å². The van der Waals surface area contributed by atoms with Crippen LogP contribution in [-0.4, -0.2) is 15.0 Å². The van der Waals surface area contributed by atoms with Crippen LogP contribution in [-0.2, 0) is 0 Å². The third kappa shape index (κ3) is 2.04. The zero-order chi connectivity index (χ0) is 10.8. The highest BCUT2D eigenvalue weighted by atomic mass is 79.9. The molecule has 0 unspecified atom stereocenters. The summed E-state index contributed by atoms with van der Waals surface area (Å²) in [5, 5.41) is 0. The molecule has 0 aliphatic carbocycles. The smallest absolute Gasteiger partial charge is 0.177 e. The molecule has 0 amide bonds. The predicted octanol–water partition coefficient (Wildman–Crippen LogP) is 3.62. The van der Waals surface area contributed by atoms with Crippen LogP contribution in [0.4, 0.5) is 0 Å². The highest BCUT2D eigenvalue weighted by Crippen LogP contribution is 2.23. The molecule has 0 saturated heterocycles. The number of rotatable bonds is 3. The number of hydrogen-bond acceptors (Lipinski definition) is 2. The lowest BCUT2D eigenvalue weighted by Gasteiger charge is -2.06. The van der Waals surface area contributed by atoms with Crippen LogP contribution in [0.15, 0.2) is 16.7 Å². The maximum atomic E-state index is 4.51. The fourth-order valence-corrected chi connectivity index (χ4v) is 2.09. The summed E-state index contributed by atoms with van der Waals surface area (Å²) in [6.07, 6.45) is 3.99. The van der Waals surface area contributed by atoms with Gasteiger partial charge in [-0.15, -0.1) is 0 Å². The van der Waals surface area contributed by atoms with Gasteiger partial charge in [0, 0.05) is 16.6 Å². The third-order valence-electron chi connectivity index (χ3n) is 2.69. The van der Waals surface area contributed by atoms with E-state index < -0.39 is 0 Å². The van der Waals surface area contributed by atoms with E-state index >= 15 is 0 Å². The van der Waals surface area contributed by atoms with Crippen molar-refractivity contribution in [2.45, 2.75) is 32.6 Å². The molecule has 2 heterocycles. The highest BCUT2D eigenvalue weighted by Gasteiger charge is 2.12. The molecule has 0 fully saturated rings. The Morgan fingerprint density at radius 2 is 2.13 bits per heavy atom. The van der Waals surface area contributed by atoms with Crippen molar-refractivity contribution in [3.63, 3.8) is 0 Å². The van der Waals surface area contributed by atoms with Gasteiger partial charge < -0.3 is 4.98 Å². The molecule has 0 aromatic carbocycles. The van der Waals surface area contributed by atoms with Gasteiger partial charge in [0.25, 0.3) is 0 Å². The molecule has 0 aliphatic rings. The van der Waals surface area contributed by atoms with Crippen molar-refractivity contribution in [3.8, 4) is 0 Å². The molecule has 0 spiro atoms. The Bertz CT molecular complexity index is 460. The Kier molecular flexibility index (Phi) is 3.05. The van der Waals surface area contributed by atoms with E-state index in [-0.39, 0.29) is 0 Å². The predicted molar refractivity (Wildman–Crippen MR) is 64.9 cm³/mol. The molecule has 2 rings (SSSR count). The van der Waals surface area contributed by atoms with Gasteiger partial charge in [-0.25, -0.2) is 9.97 Å². The van der Waals surface area contributed by atoms with Gasteiger partial charge >= 0.3 is 0 Å². The van der Waals surface area contributed by atoms with Crippen LogP contribution in [0.3, 0.4) is 0 Å². The van der Waals surface area contributed by atoms with Crippen molar-refractivity contribution in [2.75, 3.05) is 0 Å². The first kappa shape index (κ1) is 10.6. The lowest BCUT2D eigenvalue weighted by Crippen LogP contribution is -1.97. The summed E-state index contributed by atoms with van der Waals surface area (Å²) < 4.78 is 0.981. The van der Waals surface area contributed by atoms with Gasteiger partial charge in [-0.1, -0.05) is 13.8 Å². The first-order chi connectivity index (χ1) is 7.24. The van der Waals surface area contributed by atoms with E-state index in [9.17, 15) is 0 Å². The van der Waals surface area contributed by atoms with Gasteiger partial charge in [-0.05, 0) is 34.8 Å². The normalized spacial score (nSPS) is 11.5. The number of imidazole rings is 1. The summed E-state index contributed by atoms with van der Waals surface area (Å²) in [7, 11) is 0. The summed E-state index contributed by atoms with van der Waals surface area (Å²) in [5.74, 6) is 1.57. The Balaban J connectivity index is 2.46. The fourth-order valence-electron chi connectivity index (χ4n) is 1.76. The summed E-state index contributed by atoms with van der Waals surface area (Å²) in [5.41, 5.74) is 1.81. The van der Waals surface area contributed by atoms with Crippen molar-refractivity contribution in [2.24, 2.45) is 0 Å². The van der Waals surface area contributed by atoms with E-state index in [4.69, 9.17) is 0 Å². The van der Waals surface area contributed by atoms with Crippen molar-refractivity contribution >= 4 is 27.1 Å². The molecule has 0 radical (unpaired) electrons. The summed E-state index contributed by atoms with van der Waals surface area (Å²) in [4.78, 5) is 12.1. The number of fused-ring (bicyclic) bond motifs is 1.